The van der Waals surface area contributed by atoms with E-state index in [-0.39, 0.29) is 34.4 Å². The monoisotopic (exact) mass is 568 g/mol. The molecule has 12 heteroatoms. The molecule has 1 saturated heterocycles. The number of rotatable bonds is 11. The molecule has 2 heterocycles. The van der Waals surface area contributed by atoms with Crippen molar-refractivity contribution in [3.05, 3.63) is 41.2 Å². The molecule has 214 valence electrons. The Morgan fingerprint density at radius 2 is 1.92 bits per heavy atom. The van der Waals surface area contributed by atoms with E-state index in [0.29, 0.717) is 32.5 Å². The van der Waals surface area contributed by atoms with Gasteiger partial charge in [0.25, 0.3) is 5.91 Å². The molecule has 1 aromatic carbocycles. The number of carbonyl (C=O) groups excluding carboxylic acids is 1. The van der Waals surface area contributed by atoms with Crippen LogP contribution in [0.25, 0.3) is 0 Å². The van der Waals surface area contributed by atoms with Crippen molar-refractivity contribution in [2.75, 3.05) is 32.1 Å². The predicted octanol–water partition coefficient (Wildman–Crippen LogP) is 4.82. The molecule has 1 aliphatic carbocycles. The second kappa shape index (κ2) is 12.2. The van der Waals surface area contributed by atoms with Gasteiger partial charge < -0.3 is 24.8 Å². The third kappa shape index (κ3) is 6.36. The van der Waals surface area contributed by atoms with E-state index < -0.39 is 29.9 Å². The number of carboxylic acid groups (broad SMARTS) is 1. The van der Waals surface area contributed by atoms with Crippen molar-refractivity contribution in [2.24, 2.45) is 11.8 Å². The number of carbonyl (C=O) groups is 2. The number of alkyl halides is 2. The average Bonchev–Trinajstić information content (AvgIpc) is 3.35. The molecule has 0 radical (unpaired) electrons. The van der Waals surface area contributed by atoms with Gasteiger partial charge in [0, 0.05) is 49.7 Å². The van der Waals surface area contributed by atoms with Crippen molar-refractivity contribution in [1.82, 2.24) is 14.7 Å². The predicted molar refractivity (Wildman–Crippen MR) is 141 cm³/mol. The molecule has 1 aliphatic heterocycles. The fourth-order valence-corrected chi connectivity index (χ4v) is 5.78. The van der Waals surface area contributed by atoms with E-state index in [1.807, 2.05) is 19.9 Å². The Balaban J connectivity index is 1.57. The number of hydrogen-bond donors (Lipinski definition) is 2. The van der Waals surface area contributed by atoms with Crippen LogP contribution in [-0.4, -0.2) is 71.1 Å². The highest BCUT2D eigenvalue weighted by Gasteiger charge is 2.47. The number of halogens is 3. The van der Waals surface area contributed by atoms with Crippen molar-refractivity contribution in [3.8, 4) is 5.75 Å². The number of aliphatic carboxylic acids is 1. The van der Waals surface area contributed by atoms with Gasteiger partial charge in [0.2, 0.25) is 0 Å². The molecule has 2 fully saturated rings. The largest absolute Gasteiger partial charge is 0.481 e. The van der Waals surface area contributed by atoms with Gasteiger partial charge in [-0.2, -0.15) is 13.9 Å². The van der Waals surface area contributed by atoms with Crippen molar-refractivity contribution in [2.45, 2.75) is 63.7 Å². The van der Waals surface area contributed by atoms with Crippen LogP contribution in [0.2, 0.25) is 5.02 Å². The first-order valence-corrected chi connectivity index (χ1v) is 13.5. The van der Waals surface area contributed by atoms with Crippen LogP contribution in [0, 0.1) is 11.8 Å². The fourth-order valence-electron chi connectivity index (χ4n) is 5.61. The molecule has 2 aromatic rings. The zero-order valence-corrected chi connectivity index (χ0v) is 23.0. The minimum Gasteiger partial charge on any atom is -0.481 e. The van der Waals surface area contributed by atoms with E-state index in [0.717, 1.165) is 18.5 Å². The lowest BCUT2D eigenvalue weighted by atomic mass is 9.73. The summed E-state index contributed by atoms with van der Waals surface area (Å²) in [6.45, 7) is 2.24. The SMILES string of the molecule is COC1CC([C@H](CN2CCC(C(=O)Nc3ccc(Cl)cc3OC(F)F)(n3nccc3C(C)C)CC2)C(=O)O)C1. The number of carboxylic acids is 1. The lowest BCUT2D eigenvalue weighted by molar-refractivity contribution is -0.149. The van der Waals surface area contributed by atoms with Crippen LogP contribution >= 0.6 is 11.6 Å². The van der Waals surface area contributed by atoms with Crippen LogP contribution in [0.1, 0.15) is 51.1 Å². The summed E-state index contributed by atoms with van der Waals surface area (Å²) < 4.78 is 37.8. The number of methoxy groups -OCH3 is 1. The van der Waals surface area contributed by atoms with Gasteiger partial charge in [-0.1, -0.05) is 25.4 Å². The number of ether oxygens (including phenoxy) is 2. The number of hydrogen-bond acceptors (Lipinski definition) is 6. The molecule has 0 spiro atoms. The summed E-state index contributed by atoms with van der Waals surface area (Å²) in [5, 5.41) is 17.4. The van der Waals surface area contributed by atoms with E-state index in [2.05, 4.69) is 20.1 Å². The quantitative estimate of drug-likeness (QED) is 0.400. The standard InChI is InChI=1S/C27H35ClF2N4O5/c1-16(2)22-6-9-31-34(22)27(25(37)32-21-5-4-18(28)14-23(21)39-26(29)30)7-10-33(11-8-27)15-20(24(35)36)17-12-19(13-17)38-3/h4-6,9,14,16-17,19-20,26H,7-8,10-13,15H2,1-3H3,(H,32,37)(H,35,36)/t17?,19?,20-/m0/s1. The summed E-state index contributed by atoms with van der Waals surface area (Å²) in [4.78, 5) is 28.1. The molecule has 2 aliphatic rings. The minimum atomic E-state index is -3.09. The lowest BCUT2D eigenvalue weighted by Crippen LogP contribution is -2.55. The Morgan fingerprint density at radius 1 is 1.23 bits per heavy atom. The summed E-state index contributed by atoms with van der Waals surface area (Å²) in [5.74, 6) is -1.86. The first kappa shape index (κ1) is 29.2. The number of nitrogens with one attached hydrogen (secondary N) is 1. The van der Waals surface area contributed by atoms with Crippen LogP contribution < -0.4 is 10.1 Å². The van der Waals surface area contributed by atoms with Gasteiger partial charge in [0.05, 0.1) is 17.7 Å². The van der Waals surface area contributed by atoms with Crippen LogP contribution in [0.4, 0.5) is 14.5 Å². The highest BCUT2D eigenvalue weighted by Crippen LogP contribution is 2.39. The van der Waals surface area contributed by atoms with E-state index in [4.69, 9.17) is 16.3 Å². The second-order valence-electron chi connectivity index (χ2n) is 10.7. The zero-order chi connectivity index (χ0) is 28.3. The van der Waals surface area contributed by atoms with Crippen LogP contribution in [0.5, 0.6) is 5.75 Å². The average molecular weight is 569 g/mol. The van der Waals surface area contributed by atoms with Crippen LogP contribution in [0.15, 0.2) is 30.5 Å². The highest BCUT2D eigenvalue weighted by atomic mass is 35.5. The van der Waals surface area contributed by atoms with Crippen molar-refractivity contribution in [1.29, 1.82) is 0 Å². The van der Waals surface area contributed by atoms with E-state index >= 15 is 0 Å². The van der Waals surface area contributed by atoms with Gasteiger partial charge in [-0.25, -0.2) is 0 Å². The molecule has 1 atom stereocenters. The Hall–Kier alpha value is -2.76. The number of nitrogens with zero attached hydrogens (tertiary/aromatic N) is 3. The van der Waals surface area contributed by atoms with Gasteiger partial charge >= 0.3 is 12.6 Å². The molecule has 1 amide bonds. The molecule has 39 heavy (non-hydrogen) atoms. The summed E-state index contributed by atoms with van der Waals surface area (Å²) in [6.07, 6.45) is 3.92. The molecular formula is C27H35ClF2N4O5. The normalized spacial score (nSPS) is 21.9. The second-order valence-corrected chi connectivity index (χ2v) is 11.1. The maximum atomic E-state index is 14.0. The Bertz CT molecular complexity index is 1160. The molecular weight excluding hydrogens is 534 g/mol. The van der Waals surface area contributed by atoms with Crippen molar-refractivity contribution >= 4 is 29.2 Å². The maximum absolute atomic E-state index is 14.0. The van der Waals surface area contributed by atoms with Gasteiger partial charge in [0.1, 0.15) is 5.54 Å². The molecule has 9 nitrogen and oxygen atoms in total. The number of likely N-dealkylation sites (tertiary alicyclic amines) is 1. The van der Waals surface area contributed by atoms with Gasteiger partial charge in [-0.3, -0.25) is 14.3 Å². The Morgan fingerprint density at radius 3 is 2.51 bits per heavy atom. The lowest BCUT2D eigenvalue weighted by Gasteiger charge is -2.44. The molecule has 0 unspecified atom stereocenters. The fraction of sp³-hybridized carbons (Fsp3) is 0.593. The molecule has 1 aromatic heterocycles. The zero-order valence-electron chi connectivity index (χ0n) is 22.3. The van der Waals surface area contributed by atoms with E-state index in [1.54, 1.807) is 18.0 Å². The first-order valence-electron chi connectivity index (χ1n) is 13.1. The summed E-state index contributed by atoms with van der Waals surface area (Å²) in [7, 11) is 1.64. The van der Waals surface area contributed by atoms with Gasteiger partial charge in [0.15, 0.2) is 5.75 Å². The van der Waals surface area contributed by atoms with Crippen molar-refractivity contribution < 1.29 is 33.0 Å². The van der Waals surface area contributed by atoms with Crippen LogP contribution in [-0.2, 0) is 19.9 Å². The smallest absolute Gasteiger partial charge is 0.387 e. The molecule has 2 N–H and O–H groups in total. The number of anilines is 1. The number of aromatic nitrogens is 2. The maximum Gasteiger partial charge on any atom is 0.387 e. The summed E-state index contributed by atoms with van der Waals surface area (Å²) in [5.41, 5.74) is -0.173. The first-order chi connectivity index (χ1) is 18.5. The third-order valence-corrected chi connectivity index (χ3v) is 8.22. The minimum absolute atomic E-state index is 0.0549. The molecule has 1 saturated carbocycles. The van der Waals surface area contributed by atoms with Gasteiger partial charge in [-0.15, -0.1) is 0 Å². The van der Waals surface area contributed by atoms with Crippen molar-refractivity contribution in [3.63, 3.8) is 0 Å². The molecule has 4 rings (SSSR count). The Kier molecular flexibility index (Phi) is 9.13. The number of benzene rings is 1. The molecule has 0 bridgehead atoms. The summed E-state index contributed by atoms with van der Waals surface area (Å²) in [6, 6.07) is 6.01. The Labute approximate surface area is 231 Å². The number of amides is 1. The van der Waals surface area contributed by atoms with E-state index in [9.17, 15) is 23.5 Å². The third-order valence-electron chi connectivity index (χ3n) is 7.99. The topological polar surface area (TPSA) is 106 Å². The highest BCUT2D eigenvalue weighted by molar-refractivity contribution is 6.30. The number of piperidine rings is 1. The summed E-state index contributed by atoms with van der Waals surface area (Å²) >= 11 is 5.98. The van der Waals surface area contributed by atoms with E-state index in [1.165, 1.54) is 18.2 Å². The van der Waals surface area contributed by atoms with Gasteiger partial charge in [-0.05, 0) is 55.7 Å². The van der Waals surface area contributed by atoms with Crippen LogP contribution in [0.3, 0.4) is 0 Å².